The van der Waals surface area contributed by atoms with Gasteiger partial charge in [0.1, 0.15) is 0 Å². The van der Waals surface area contributed by atoms with E-state index in [1.807, 2.05) is 84.9 Å². The van der Waals surface area contributed by atoms with Crippen LogP contribution >= 0.6 is 0 Å². The molecule has 0 aliphatic rings. The zero-order valence-corrected chi connectivity index (χ0v) is 18.9. The minimum atomic E-state index is -0.744. The number of ether oxygens (including phenoxy) is 2. The highest BCUT2D eigenvalue weighted by atomic mass is 16.5. The summed E-state index contributed by atoms with van der Waals surface area (Å²) in [7, 11) is 2.95. The Morgan fingerprint density at radius 3 is 1.32 bits per heavy atom. The lowest BCUT2D eigenvalue weighted by atomic mass is 10.1. The summed E-state index contributed by atoms with van der Waals surface area (Å²) in [5, 5.41) is 8.00. The molecule has 2 N–H and O–H groups in total. The van der Waals surface area contributed by atoms with Crippen molar-refractivity contribution in [1.29, 1.82) is 0 Å². The smallest absolute Gasteiger partial charge is 0.273 e. The Hall–Kier alpha value is -4.14. The van der Waals surface area contributed by atoms with Crippen molar-refractivity contribution in [3.63, 3.8) is 0 Å². The number of nitrogens with zero attached hydrogens (tertiary/aromatic N) is 2. The van der Waals surface area contributed by atoms with Crippen LogP contribution in [0.15, 0.2) is 95.1 Å². The van der Waals surface area contributed by atoms with Gasteiger partial charge in [0.15, 0.2) is 12.2 Å². The Morgan fingerprint density at radius 2 is 1.00 bits per heavy atom. The third kappa shape index (κ3) is 6.93. The van der Waals surface area contributed by atoms with Crippen LogP contribution in [0.2, 0.25) is 0 Å². The van der Waals surface area contributed by atoms with Crippen LogP contribution in [0.5, 0.6) is 0 Å². The summed E-state index contributed by atoms with van der Waals surface area (Å²) in [5.41, 5.74) is 8.02. The topological polar surface area (TPSA) is 101 Å². The van der Waals surface area contributed by atoms with E-state index in [0.29, 0.717) is 0 Å². The van der Waals surface area contributed by atoms with E-state index in [0.717, 1.165) is 22.3 Å². The number of carbonyl (C=O) groups excluding carboxylic acids is 2. The van der Waals surface area contributed by atoms with E-state index in [4.69, 9.17) is 9.47 Å². The van der Waals surface area contributed by atoms with E-state index < -0.39 is 12.2 Å². The van der Waals surface area contributed by atoms with Gasteiger partial charge in [-0.05, 0) is 22.3 Å². The van der Waals surface area contributed by atoms with Crippen molar-refractivity contribution in [3.8, 4) is 0 Å². The molecule has 3 aromatic rings. The maximum Gasteiger partial charge on any atom is 0.273 e. The molecule has 0 radical (unpaired) electrons. The maximum atomic E-state index is 12.3. The van der Waals surface area contributed by atoms with Gasteiger partial charge in [-0.25, -0.2) is 10.9 Å². The molecule has 0 aliphatic heterocycles. The Bertz CT molecular complexity index is 1030. The molecule has 0 aromatic heterocycles. The van der Waals surface area contributed by atoms with Crippen LogP contribution in [0.1, 0.15) is 34.5 Å². The second-order valence-electron chi connectivity index (χ2n) is 7.19. The summed E-state index contributed by atoms with van der Waals surface area (Å²) in [5.74, 6) is -0.733. The molecule has 8 heteroatoms. The van der Waals surface area contributed by atoms with Crippen LogP contribution in [-0.4, -0.2) is 38.5 Å². The molecule has 3 aromatic carbocycles. The summed E-state index contributed by atoms with van der Waals surface area (Å²) < 4.78 is 10.6. The molecule has 2 atom stereocenters. The molecule has 0 unspecified atom stereocenters. The second kappa shape index (κ2) is 12.8. The molecule has 0 saturated heterocycles. The molecule has 0 heterocycles. The first-order chi connectivity index (χ1) is 16.6. The van der Waals surface area contributed by atoms with Crippen LogP contribution in [0.3, 0.4) is 0 Å². The number of methoxy groups -OCH3 is 2. The molecule has 34 heavy (non-hydrogen) atoms. The molecule has 0 fully saturated rings. The molecule has 0 saturated carbocycles. The molecular formula is C26H26N4O4. The third-order valence-electron chi connectivity index (χ3n) is 4.87. The van der Waals surface area contributed by atoms with E-state index in [1.54, 1.807) is 0 Å². The fourth-order valence-electron chi connectivity index (χ4n) is 3.17. The van der Waals surface area contributed by atoms with Crippen molar-refractivity contribution in [2.75, 3.05) is 14.2 Å². The van der Waals surface area contributed by atoms with Crippen LogP contribution < -0.4 is 10.9 Å². The number of carbonyl (C=O) groups is 2. The lowest BCUT2D eigenvalue weighted by molar-refractivity contribution is -0.132. The van der Waals surface area contributed by atoms with E-state index in [-0.39, 0.29) is 11.8 Å². The van der Waals surface area contributed by atoms with Crippen LogP contribution in [0.4, 0.5) is 0 Å². The molecule has 0 aliphatic carbocycles. The fourth-order valence-corrected chi connectivity index (χ4v) is 3.17. The predicted octanol–water partition coefficient (Wildman–Crippen LogP) is 3.36. The number of hydrogen-bond acceptors (Lipinski definition) is 6. The molecule has 3 rings (SSSR count). The molecule has 0 spiro atoms. The Labute approximate surface area is 198 Å². The maximum absolute atomic E-state index is 12.3. The molecular weight excluding hydrogens is 432 g/mol. The van der Waals surface area contributed by atoms with Gasteiger partial charge in [-0.3, -0.25) is 9.59 Å². The van der Waals surface area contributed by atoms with Crippen LogP contribution in [0, 0.1) is 0 Å². The van der Waals surface area contributed by atoms with E-state index >= 15 is 0 Å². The number of amides is 2. The third-order valence-corrected chi connectivity index (χ3v) is 4.87. The lowest BCUT2D eigenvalue weighted by Gasteiger charge is -2.13. The number of hydrazone groups is 2. The highest BCUT2D eigenvalue weighted by Gasteiger charge is 2.19. The number of hydrogen-bond donors (Lipinski definition) is 2. The van der Waals surface area contributed by atoms with Crippen LogP contribution in [0.25, 0.3) is 0 Å². The van der Waals surface area contributed by atoms with Gasteiger partial charge in [-0.2, -0.15) is 10.2 Å². The standard InChI is InChI=1S/C26H26N4O4/c1-33-23(21-9-5-3-6-10-21)25(31)29-27-17-19-13-15-20(16-14-19)18-28-30-26(32)24(34-2)22-11-7-4-8-12-22/h3-18,23-24H,1-2H3,(H,29,31)(H,30,32)/b27-17-,28-18-/t23-,24+. The number of rotatable bonds is 10. The lowest BCUT2D eigenvalue weighted by Crippen LogP contribution is -2.26. The summed E-state index contributed by atoms with van der Waals surface area (Å²) in [6.45, 7) is 0. The van der Waals surface area contributed by atoms with Crippen molar-refractivity contribution in [3.05, 3.63) is 107 Å². The zero-order valence-electron chi connectivity index (χ0n) is 18.9. The number of nitrogens with one attached hydrogen (secondary N) is 2. The fraction of sp³-hybridized carbons (Fsp3) is 0.154. The number of benzene rings is 3. The van der Waals surface area contributed by atoms with Gasteiger partial charge in [0.2, 0.25) is 0 Å². The van der Waals surface area contributed by atoms with Gasteiger partial charge >= 0.3 is 0 Å². The van der Waals surface area contributed by atoms with Gasteiger partial charge in [-0.15, -0.1) is 0 Å². The summed E-state index contributed by atoms with van der Waals surface area (Å²) in [6, 6.07) is 25.6. The zero-order chi connectivity index (χ0) is 24.2. The van der Waals surface area contributed by atoms with Crippen molar-refractivity contribution >= 4 is 24.2 Å². The minimum Gasteiger partial charge on any atom is -0.367 e. The normalized spacial score (nSPS) is 13.0. The van der Waals surface area contributed by atoms with Crippen molar-refractivity contribution in [2.24, 2.45) is 10.2 Å². The minimum absolute atomic E-state index is 0.366. The molecule has 0 bridgehead atoms. The molecule has 174 valence electrons. The largest absolute Gasteiger partial charge is 0.367 e. The summed E-state index contributed by atoms with van der Waals surface area (Å²) in [4.78, 5) is 24.7. The highest BCUT2D eigenvalue weighted by Crippen LogP contribution is 2.17. The first kappa shape index (κ1) is 24.5. The SMILES string of the molecule is CO[C@H](C(=O)N/N=C\c1ccc(/C=N\NC(=O)[C@H](OC)c2ccccc2)cc1)c1ccccc1. The Morgan fingerprint density at radius 1 is 0.647 bits per heavy atom. The van der Waals surface area contributed by atoms with E-state index in [2.05, 4.69) is 21.1 Å². The van der Waals surface area contributed by atoms with E-state index in [1.165, 1.54) is 26.6 Å². The second-order valence-corrected chi connectivity index (χ2v) is 7.19. The quantitative estimate of drug-likeness (QED) is 0.359. The highest BCUT2D eigenvalue weighted by molar-refractivity contribution is 5.87. The predicted molar refractivity (Wildman–Crippen MR) is 130 cm³/mol. The molecule has 2 amide bonds. The first-order valence-electron chi connectivity index (χ1n) is 10.5. The molecule has 8 nitrogen and oxygen atoms in total. The average Bonchev–Trinajstić information content (AvgIpc) is 2.87. The average molecular weight is 459 g/mol. The van der Waals surface area contributed by atoms with E-state index in [9.17, 15) is 9.59 Å². The van der Waals surface area contributed by atoms with Gasteiger partial charge in [0, 0.05) is 14.2 Å². The van der Waals surface area contributed by atoms with Crippen molar-refractivity contribution < 1.29 is 19.1 Å². The van der Waals surface area contributed by atoms with Crippen LogP contribution in [-0.2, 0) is 19.1 Å². The van der Waals surface area contributed by atoms with Gasteiger partial charge in [-0.1, -0.05) is 84.9 Å². The monoisotopic (exact) mass is 458 g/mol. The Balaban J connectivity index is 1.51. The van der Waals surface area contributed by atoms with Gasteiger partial charge in [0.25, 0.3) is 11.8 Å². The van der Waals surface area contributed by atoms with Crippen molar-refractivity contribution in [1.82, 2.24) is 10.9 Å². The van der Waals surface area contributed by atoms with Crippen molar-refractivity contribution in [2.45, 2.75) is 12.2 Å². The summed E-state index contributed by atoms with van der Waals surface area (Å²) in [6.07, 6.45) is 1.57. The van der Waals surface area contributed by atoms with Gasteiger partial charge in [0.05, 0.1) is 12.4 Å². The first-order valence-corrected chi connectivity index (χ1v) is 10.5. The summed E-state index contributed by atoms with van der Waals surface area (Å²) >= 11 is 0. The Kier molecular flexibility index (Phi) is 9.21. The van der Waals surface area contributed by atoms with Gasteiger partial charge < -0.3 is 9.47 Å².